The number of likely N-dealkylation sites (tertiary alicyclic amines) is 1. The number of carbonyl (C=O) groups excluding carboxylic acids is 1. The fraction of sp³-hybridized carbons (Fsp3) is 0.562. The lowest BCUT2D eigenvalue weighted by molar-refractivity contribution is -0.204. The van der Waals surface area contributed by atoms with Crippen molar-refractivity contribution in [3.8, 4) is 0 Å². The highest BCUT2D eigenvalue weighted by Gasteiger charge is 2.65. The van der Waals surface area contributed by atoms with Gasteiger partial charge in [-0.25, -0.2) is 4.79 Å². The summed E-state index contributed by atoms with van der Waals surface area (Å²) in [7, 11) is 0. The van der Waals surface area contributed by atoms with Crippen molar-refractivity contribution in [2.75, 3.05) is 19.7 Å². The molecule has 2 aliphatic heterocycles. The van der Waals surface area contributed by atoms with Gasteiger partial charge in [0.25, 0.3) is 11.9 Å². The first-order chi connectivity index (χ1) is 12.4. The minimum absolute atomic E-state index is 0.0349. The van der Waals surface area contributed by atoms with Gasteiger partial charge in [-0.15, -0.1) is 0 Å². The van der Waals surface area contributed by atoms with E-state index in [-0.39, 0.29) is 18.4 Å². The average molecular weight is 373 g/mol. The Balaban J connectivity index is 2.10. The van der Waals surface area contributed by atoms with Crippen LogP contribution in [0.2, 0.25) is 0 Å². The van der Waals surface area contributed by atoms with Crippen LogP contribution in [-0.4, -0.2) is 54.3 Å². The van der Waals surface area contributed by atoms with Crippen LogP contribution in [0.25, 0.3) is 0 Å². The number of halogens is 3. The topological polar surface area (TPSA) is 76.6 Å². The maximum atomic E-state index is 13.9. The van der Waals surface area contributed by atoms with Crippen LogP contribution in [0.15, 0.2) is 32.8 Å². The minimum atomic E-state index is -5.11. The van der Waals surface area contributed by atoms with E-state index in [9.17, 15) is 18.0 Å². The number of piperidine rings is 1. The molecule has 1 fully saturated rings. The van der Waals surface area contributed by atoms with Crippen molar-refractivity contribution < 1.29 is 31.9 Å². The van der Waals surface area contributed by atoms with E-state index in [1.807, 2.05) is 0 Å². The van der Waals surface area contributed by atoms with Gasteiger partial charge >= 0.3 is 17.8 Å². The molecule has 3 heterocycles. The molecule has 0 bridgehead atoms. The van der Waals surface area contributed by atoms with Gasteiger partial charge in [-0.3, -0.25) is 0 Å². The minimum Gasteiger partial charge on any atom is -0.462 e. The van der Waals surface area contributed by atoms with Gasteiger partial charge < -0.3 is 18.8 Å². The largest absolute Gasteiger partial charge is 0.462 e. The van der Waals surface area contributed by atoms with E-state index in [0.29, 0.717) is 13.1 Å². The second kappa shape index (κ2) is 7.00. The van der Waals surface area contributed by atoms with E-state index >= 15 is 0 Å². The van der Waals surface area contributed by atoms with Crippen molar-refractivity contribution in [2.24, 2.45) is 9.98 Å². The summed E-state index contributed by atoms with van der Waals surface area (Å²) >= 11 is 0. The number of esters is 1. The molecule has 10 heteroatoms. The lowest BCUT2D eigenvalue weighted by Gasteiger charge is -2.35. The summed E-state index contributed by atoms with van der Waals surface area (Å²) in [6, 6.07) is 2.56. The molecule has 0 N–H and O–H groups in total. The molecule has 3 rings (SSSR count). The summed E-state index contributed by atoms with van der Waals surface area (Å²) in [5.74, 6) is -2.10. The van der Waals surface area contributed by atoms with Crippen molar-refractivity contribution in [3.05, 3.63) is 24.2 Å². The highest BCUT2D eigenvalue weighted by atomic mass is 19.4. The van der Waals surface area contributed by atoms with Crippen molar-refractivity contribution in [2.45, 2.75) is 38.0 Å². The third-order valence-electron chi connectivity index (χ3n) is 4.02. The number of hydrogen-bond acceptors (Lipinski definition) is 7. The Morgan fingerprint density at radius 1 is 1.31 bits per heavy atom. The standard InChI is InChI=1S/C16H18F3N3O4/c1-2-24-13(23)15(16(17,18)19)20-12(11-7-6-10-25-11)26-14(21-15)22-8-4-3-5-9-22/h6-7,10H,2-5,8-9H2,1H3. The van der Waals surface area contributed by atoms with Crippen LogP contribution < -0.4 is 0 Å². The summed E-state index contributed by atoms with van der Waals surface area (Å²) in [6.07, 6.45) is -1.30. The fourth-order valence-corrected chi connectivity index (χ4v) is 2.73. The van der Waals surface area contributed by atoms with Gasteiger partial charge in [-0.05, 0) is 38.3 Å². The van der Waals surface area contributed by atoms with E-state index < -0.39 is 23.7 Å². The van der Waals surface area contributed by atoms with Crippen LogP contribution >= 0.6 is 0 Å². The first-order valence-electron chi connectivity index (χ1n) is 8.27. The lowest BCUT2D eigenvalue weighted by atomic mass is 10.1. The summed E-state index contributed by atoms with van der Waals surface area (Å²) in [4.78, 5) is 20.9. The molecule has 1 aromatic rings. The number of amidine groups is 1. The van der Waals surface area contributed by atoms with Crippen LogP contribution in [0.3, 0.4) is 0 Å². The van der Waals surface area contributed by atoms with Crippen LogP contribution in [0.4, 0.5) is 13.2 Å². The van der Waals surface area contributed by atoms with Gasteiger partial charge in [0, 0.05) is 13.1 Å². The van der Waals surface area contributed by atoms with E-state index in [1.54, 1.807) is 4.90 Å². The Hall–Kier alpha value is -2.52. The maximum absolute atomic E-state index is 13.9. The molecule has 1 atom stereocenters. The molecule has 0 amide bonds. The van der Waals surface area contributed by atoms with E-state index in [4.69, 9.17) is 9.15 Å². The Morgan fingerprint density at radius 3 is 2.62 bits per heavy atom. The monoisotopic (exact) mass is 373 g/mol. The molecular weight excluding hydrogens is 355 g/mol. The second-order valence-electron chi connectivity index (χ2n) is 5.83. The predicted octanol–water partition coefficient (Wildman–Crippen LogP) is 2.72. The van der Waals surface area contributed by atoms with Gasteiger partial charge in [0.05, 0.1) is 12.9 Å². The van der Waals surface area contributed by atoms with Gasteiger partial charge in [0.15, 0.2) is 5.76 Å². The average Bonchev–Trinajstić information content (AvgIpc) is 3.16. The van der Waals surface area contributed by atoms with E-state index in [1.165, 1.54) is 25.3 Å². The summed E-state index contributed by atoms with van der Waals surface area (Å²) in [6.45, 7) is 2.12. The zero-order valence-corrected chi connectivity index (χ0v) is 14.1. The Kier molecular flexibility index (Phi) is 4.92. The second-order valence-corrected chi connectivity index (χ2v) is 5.83. The number of alkyl halides is 3. The number of rotatable bonds is 3. The van der Waals surface area contributed by atoms with Crippen LogP contribution in [-0.2, 0) is 14.3 Å². The van der Waals surface area contributed by atoms with Crippen molar-refractivity contribution in [1.82, 2.24) is 4.90 Å². The SMILES string of the molecule is CCOC(=O)C1(C(F)(F)F)N=C(c2ccco2)OC(N2CCCCC2)=N1. The van der Waals surface area contributed by atoms with Crippen LogP contribution in [0.1, 0.15) is 31.9 Å². The maximum Gasteiger partial charge on any atom is 0.446 e. The number of nitrogens with zero attached hydrogens (tertiary/aromatic N) is 3. The number of hydrogen-bond donors (Lipinski definition) is 0. The van der Waals surface area contributed by atoms with E-state index in [0.717, 1.165) is 19.3 Å². The smallest absolute Gasteiger partial charge is 0.446 e. The molecule has 142 valence electrons. The zero-order chi connectivity index (χ0) is 18.8. The molecule has 7 nitrogen and oxygen atoms in total. The molecule has 0 aliphatic carbocycles. The Labute approximate surface area is 147 Å². The van der Waals surface area contributed by atoms with Crippen molar-refractivity contribution in [3.63, 3.8) is 0 Å². The molecular formula is C16H18F3N3O4. The van der Waals surface area contributed by atoms with Crippen LogP contribution in [0.5, 0.6) is 0 Å². The molecule has 1 unspecified atom stereocenters. The number of carbonyl (C=O) groups is 1. The van der Waals surface area contributed by atoms with Crippen molar-refractivity contribution >= 4 is 17.9 Å². The highest BCUT2D eigenvalue weighted by Crippen LogP contribution is 2.39. The predicted molar refractivity (Wildman–Crippen MR) is 84.6 cm³/mol. The molecule has 1 saturated heterocycles. The molecule has 2 aliphatic rings. The number of furan rings is 1. The van der Waals surface area contributed by atoms with Gasteiger partial charge in [-0.2, -0.15) is 23.2 Å². The Bertz CT molecular complexity index is 709. The summed E-state index contributed by atoms with van der Waals surface area (Å²) in [5, 5.41) is 0. The third-order valence-corrected chi connectivity index (χ3v) is 4.02. The molecule has 0 radical (unpaired) electrons. The van der Waals surface area contributed by atoms with Crippen molar-refractivity contribution in [1.29, 1.82) is 0 Å². The Morgan fingerprint density at radius 2 is 2.04 bits per heavy atom. The molecule has 1 aromatic heterocycles. The first kappa shape index (κ1) is 18.3. The molecule has 0 saturated carbocycles. The van der Waals surface area contributed by atoms with Gasteiger partial charge in [0.2, 0.25) is 0 Å². The third kappa shape index (κ3) is 3.27. The first-order valence-corrected chi connectivity index (χ1v) is 8.27. The lowest BCUT2D eigenvalue weighted by Crippen LogP contribution is -2.55. The molecule has 0 aromatic carbocycles. The quantitative estimate of drug-likeness (QED) is 0.762. The molecule has 0 spiro atoms. The highest BCUT2D eigenvalue weighted by molar-refractivity contribution is 6.04. The fourth-order valence-electron chi connectivity index (χ4n) is 2.73. The van der Waals surface area contributed by atoms with E-state index in [2.05, 4.69) is 14.7 Å². The normalized spacial score (nSPS) is 23.8. The van der Waals surface area contributed by atoms with Gasteiger partial charge in [-0.1, -0.05) is 0 Å². The van der Waals surface area contributed by atoms with Gasteiger partial charge in [0.1, 0.15) is 0 Å². The number of aliphatic imine (C=N–C) groups is 2. The van der Waals surface area contributed by atoms with Crippen LogP contribution in [0, 0.1) is 0 Å². The zero-order valence-electron chi connectivity index (χ0n) is 14.1. The summed E-state index contributed by atoms with van der Waals surface area (Å²) in [5.41, 5.74) is -3.42. The summed E-state index contributed by atoms with van der Waals surface area (Å²) < 4.78 is 56.9. The molecule has 26 heavy (non-hydrogen) atoms. The number of ether oxygens (including phenoxy) is 2.